The Morgan fingerprint density at radius 3 is 2.90 bits per heavy atom. The van der Waals surface area contributed by atoms with E-state index < -0.39 is 5.79 Å². The lowest BCUT2D eigenvalue weighted by Gasteiger charge is -2.35. The maximum atomic E-state index is 10.8. The molecule has 2 aliphatic rings. The molecule has 0 aromatic heterocycles. The molecule has 2 heterocycles. The molecule has 1 aromatic carbocycles. The highest BCUT2D eigenvalue weighted by Gasteiger charge is 2.56. The van der Waals surface area contributed by atoms with Gasteiger partial charge in [-0.1, -0.05) is 13.5 Å². The molecule has 6 heteroatoms. The van der Waals surface area contributed by atoms with Crippen molar-refractivity contribution in [2.24, 2.45) is 0 Å². The average molecular weight is 276 g/mol. The Morgan fingerprint density at radius 2 is 2.30 bits per heavy atom. The molecule has 20 heavy (non-hydrogen) atoms. The molecule has 4 N–H and O–H groups in total. The van der Waals surface area contributed by atoms with Gasteiger partial charge in [0.2, 0.25) is 5.79 Å². The van der Waals surface area contributed by atoms with Crippen LogP contribution in [0.3, 0.4) is 0 Å². The molecule has 3 rings (SSSR count). The van der Waals surface area contributed by atoms with Crippen molar-refractivity contribution in [1.82, 2.24) is 5.32 Å². The fraction of sp³-hybridized carbons (Fsp3) is 0.357. The van der Waals surface area contributed by atoms with E-state index in [-0.39, 0.29) is 23.4 Å². The zero-order chi connectivity index (χ0) is 14.5. The maximum absolute atomic E-state index is 10.8. The summed E-state index contributed by atoms with van der Waals surface area (Å²) in [7, 11) is 0. The third-order valence-corrected chi connectivity index (χ3v) is 3.87. The average Bonchev–Trinajstić information content (AvgIpc) is 3.22. The Morgan fingerprint density at radius 1 is 1.55 bits per heavy atom. The molecule has 3 atom stereocenters. The summed E-state index contributed by atoms with van der Waals surface area (Å²) < 4.78 is 0. The van der Waals surface area contributed by atoms with Crippen LogP contribution in [-0.4, -0.2) is 34.4 Å². The van der Waals surface area contributed by atoms with E-state index in [0.717, 1.165) is 6.42 Å². The summed E-state index contributed by atoms with van der Waals surface area (Å²) in [6.07, 6.45) is 1.48. The largest absolute Gasteiger partial charge is 0.507 e. The molecule has 0 radical (unpaired) electrons. The Labute approximate surface area is 116 Å². The van der Waals surface area contributed by atoms with Crippen LogP contribution in [0.4, 0.5) is 5.69 Å². The topological polar surface area (TPSA) is 101 Å². The normalized spacial score (nSPS) is 31.4. The summed E-state index contributed by atoms with van der Waals surface area (Å²) in [5.74, 6) is -1.73. The van der Waals surface area contributed by atoms with Crippen molar-refractivity contribution in [3.63, 3.8) is 0 Å². The lowest BCUT2D eigenvalue weighted by molar-refractivity contribution is -0.141. The van der Waals surface area contributed by atoms with Crippen LogP contribution in [0.1, 0.15) is 29.3 Å². The summed E-state index contributed by atoms with van der Waals surface area (Å²) in [6.45, 7) is 5.85. The predicted octanol–water partition coefficient (Wildman–Crippen LogP) is 1.01. The van der Waals surface area contributed by atoms with Crippen LogP contribution in [0.5, 0.6) is 5.75 Å². The summed E-state index contributed by atoms with van der Waals surface area (Å²) in [5.41, 5.74) is 3.96. The van der Waals surface area contributed by atoms with Gasteiger partial charge < -0.3 is 15.5 Å². The molecule has 0 spiro atoms. The van der Waals surface area contributed by atoms with Crippen LogP contribution < -0.4 is 10.8 Å². The predicted molar refractivity (Wildman–Crippen MR) is 73.2 cm³/mol. The SMILES string of the molecule is C=C1c2c(O)cc(C=O)cc2NOC1(O)C1NC1CC. The number of hydrogen-bond acceptors (Lipinski definition) is 6. The fourth-order valence-electron chi connectivity index (χ4n) is 2.65. The van der Waals surface area contributed by atoms with Gasteiger partial charge in [0.1, 0.15) is 12.0 Å². The minimum absolute atomic E-state index is 0.113. The molecule has 1 saturated heterocycles. The number of phenolic OH excluding ortho intramolecular Hbond substituents is 1. The highest BCUT2D eigenvalue weighted by atomic mass is 16.7. The number of anilines is 1. The summed E-state index contributed by atoms with van der Waals surface area (Å²) in [6, 6.07) is 2.74. The standard InChI is InChI=1S/C14H16N2O4/c1-3-9-13(15-9)14(19)7(2)12-10(16-20-14)4-8(6-17)5-11(12)18/h4-6,9,13,15-16,18-19H,2-3H2,1H3. The lowest BCUT2D eigenvalue weighted by Crippen LogP contribution is -2.46. The van der Waals surface area contributed by atoms with Crippen molar-refractivity contribution in [3.05, 3.63) is 29.8 Å². The Kier molecular flexibility index (Phi) is 2.82. The van der Waals surface area contributed by atoms with Crippen molar-refractivity contribution in [2.45, 2.75) is 31.2 Å². The summed E-state index contributed by atoms with van der Waals surface area (Å²) >= 11 is 0. The first-order valence-corrected chi connectivity index (χ1v) is 6.45. The molecule has 6 nitrogen and oxygen atoms in total. The van der Waals surface area contributed by atoms with E-state index in [2.05, 4.69) is 17.4 Å². The number of benzene rings is 1. The van der Waals surface area contributed by atoms with E-state index in [9.17, 15) is 15.0 Å². The second-order valence-electron chi connectivity index (χ2n) is 5.12. The van der Waals surface area contributed by atoms with Crippen LogP contribution in [0.25, 0.3) is 5.57 Å². The number of phenols is 1. The molecule has 0 amide bonds. The Bertz CT molecular complexity index is 601. The fourth-order valence-corrected chi connectivity index (χ4v) is 2.65. The summed E-state index contributed by atoms with van der Waals surface area (Å²) in [5, 5.41) is 23.8. The quantitative estimate of drug-likeness (QED) is 0.485. The highest BCUT2D eigenvalue weighted by molar-refractivity contribution is 5.89. The van der Waals surface area contributed by atoms with Gasteiger partial charge in [0, 0.05) is 22.7 Å². The van der Waals surface area contributed by atoms with Crippen LogP contribution in [0.2, 0.25) is 0 Å². The molecule has 3 unspecified atom stereocenters. The second kappa shape index (κ2) is 4.31. The van der Waals surface area contributed by atoms with E-state index >= 15 is 0 Å². The number of aldehydes is 1. The third kappa shape index (κ3) is 1.73. The number of carbonyl (C=O) groups is 1. The van der Waals surface area contributed by atoms with E-state index in [1.165, 1.54) is 12.1 Å². The zero-order valence-electron chi connectivity index (χ0n) is 11.0. The molecule has 0 aliphatic carbocycles. The highest BCUT2D eigenvalue weighted by Crippen LogP contribution is 2.46. The van der Waals surface area contributed by atoms with Crippen LogP contribution in [0.15, 0.2) is 18.7 Å². The van der Waals surface area contributed by atoms with Gasteiger partial charge in [-0.25, -0.2) is 4.84 Å². The molecular formula is C14H16N2O4. The van der Waals surface area contributed by atoms with Crippen LogP contribution in [0, 0.1) is 0 Å². The number of aliphatic hydroxyl groups is 1. The van der Waals surface area contributed by atoms with Gasteiger partial charge in [0.15, 0.2) is 0 Å². The molecule has 106 valence electrons. The third-order valence-electron chi connectivity index (χ3n) is 3.87. The second-order valence-corrected chi connectivity index (χ2v) is 5.12. The van der Waals surface area contributed by atoms with Crippen molar-refractivity contribution < 1.29 is 19.8 Å². The molecular weight excluding hydrogens is 260 g/mol. The number of fused-ring (bicyclic) bond motifs is 1. The van der Waals surface area contributed by atoms with Gasteiger partial charge in [-0.2, -0.15) is 0 Å². The monoisotopic (exact) mass is 276 g/mol. The number of aromatic hydroxyl groups is 1. The Balaban J connectivity index is 2.01. The molecule has 0 bridgehead atoms. The zero-order valence-corrected chi connectivity index (χ0v) is 11.0. The van der Waals surface area contributed by atoms with E-state index in [0.29, 0.717) is 23.1 Å². The van der Waals surface area contributed by atoms with Gasteiger partial charge in [-0.3, -0.25) is 10.3 Å². The minimum atomic E-state index is -1.62. The number of hydrogen-bond donors (Lipinski definition) is 4. The first-order chi connectivity index (χ1) is 9.51. The van der Waals surface area contributed by atoms with Crippen molar-refractivity contribution in [3.8, 4) is 5.75 Å². The first-order valence-electron chi connectivity index (χ1n) is 6.45. The number of carbonyl (C=O) groups excluding carboxylic acids is 1. The van der Waals surface area contributed by atoms with Gasteiger partial charge in [-0.05, 0) is 18.6 Å². The molecule has 1 aromatic rings. The lowest BCUT2D eigenvalue weighted by atomic mass is 9.91. The van der Waals surface area contributed by atoms with Gasteiger partial charge in [0.25, 0.3) is 0 Å². The van der Waals surface area contributed by atoms with Crippen molar-refractivity contribution in [1.29, 1.82) is 0 Å². The van der Waals surface area contributed by atoms with Gasteiger partial charge >= 0.3 is 0 Å². The summed E-state index contributed by atoms with van der Waals surface area (Å²) in [4.78, 5) is 16.1. The molecule has 1 fully saturated rings. The van der Waals surface area contributed by atoms with E-state index in [1.807, 2.05) is 6.92 Å². The molecule has 0 saturated carbocycles. The van der Waals surface area contributed by atoms with E-state index in [4.69, 9.17) is 4.84 Å². The van der Waals surface area contributed by atoms with E-state index in [1.54, 1.807) is 0 Å². The number of rotatable bonds is 3. The maximum Gasteiger partial charge on any atom is 0.234 e. The Hall–Kier alpha value is -1.89. The van der Waals surface area contributed by atoms with Gasteiger partial charge in [-0.15, -0.1) is 0 Å². The van der Waals surface area contributed by atoms with Crippen LogP contribution >= 0.6 is 0 Å². The minimum Gasteiger partial charge on any atom is -0.507 e. The van der Waals surface area contributed by atoms with Crippen LogP contribution in [-0.2, 0) is 4.84 Å². The molecule has 2 aliphatic heterocycles. The van der Waals surface area contributed by atoms with Crippen molar-refractivity contribution in [2.75, 3.05) is 5.48 Å². The first kappa shape index (κ1) is 13.1. The van der Waals surface area contributed by atoms with Crippen molar-refractivity contribution >= 4 is 17.5 Å². The smallest absolute Gasteiger partial charge is 0.234 e. The number of nitrogens with one attached hydrogen (secondary N) is 2. The van der Waals surface area contributed by atoms with Gasteiger partial charge in [0.05, 0.1) is 11.7 Å².